The van der Waals surface area contributed by atoms with Gasteiger partial charge < -0.3 is 14.1 Å². The van der Waals surface area contributed by atoms with Crippen LogP contribution in [0.15, 0.2) is 34.7 Å². The number of ether oxygens (including phenoxy) is 1. The van der Waals surface area contributed by atoms with Gasteiger partial charge >= 0.3 is 0 Å². The third kappa shape index (κ3) is 4.29. The molecule has 0 radical (unpaired) electrons. The van der Waals surface area contributed by atoms with Crippen LogP contribution in [0.4, 0.5) is 5.88 Å². The van der Waals surface area contributed by atoms with Crippen LogP contribution in [0.3, 0.4) is 0 Å². The average Bonchev–Trinajstić information content (AvgIpc) is 3.06. The van der Waals surface area contributed by atoms with Gasteiger partial charge in [0.05, 0.1) is 13.2 Å². The fourth-order valence-electron chi connectivity index (χ4n) is 4.16. The molecule has 0 atom stereocenters. The minimum atomic E-state index is 0.486. The zero-order valence-electron chi connectivity index (χ0n) is 15.7. The molecule has 140 valence electrons. The molecule has 26 heavy (non-hydrogen) atoms. The second kappa shape index (κ2) is 8.72. The first-order chi connectivity index (χ1) is 12.9. The summed E-state index contributed by atoms with van der Waals surface area (Å²) >= 11 is 0. The quantitative estimate of drug-likeness (QED) is 0.780. The van der Waals surface area contributed by atoms with Gasteiger partial charge in [-0.3, -0.25) is 0 Å². The Kier molecular flexibility index (Phi) is 5.90. The van der Waals surface area contributed by atoms with Crippen molar-refractivity contribution in [3.63, 3.8) is 0 Å². The Morgan fingerprint density at radius 2 is 1.62 bits per heavy atom. The number of anilines is 1. The van der Waals surface area contributed by atoms with E-state index in [2.05, 4.69) is 35.2 Å². The number of rotatable bonds is 4. The van der Waals surface area contributed by atoms with Gasteiger partial charge in [0.1, 0.15) is 5.69 Å². The third-order valence-corrected chi connectivity index (χ3v) is 5.66. The van der Waals surface area contributed by atoms with E-state index in [9.17, 15) is 0 Å². The van der Waals surface area contributed by atoms with Crippen molar-refractivity contribution in [1.82, 2.24) is 4.98 Å². The minimum Gasteiger partial charge on any atom is -0.425 e. The normalized spacial score (nSPS) is 19.9. The minimum absolute atomic E-state index is 0.486. The van der Waals surface area contributed by atoms with Crippen LogP contribution in [-0.2, 0) is 11.2 Å². The van der Waals surface area contributed by atoms with Crippen LogP contribution in [0.2, 0.25) is 0 Å². The number of morpholine rings is 1. The van der Waals surface area contributed by atoms with E-state index >= 15 is 0 Å². The summed E-state index contributed by atoms with van der Waals surface area (Å²) < 4.78 is 12.0. The second-order valence-electron chi connectivity index (χ2n) is 7.61. The van der Waals surface area contributed by atoms with E-state index in [-0.39, 0.29) is 0 Å². The topological polar surface area (TPSA) is 38.5 Å². The highest BCUT2D eigenvalue weighted by atomic mass is 16.5. The van der Waals surface area contributed by atoms with Crippen molar-refractivity contribution in [3.8, 4) is 0 Å². The lowest BCUT2D eigenvalue weighted by molar-refractivity contribution is 0.120. The van der Waals surface area contributed by atoms with E-state index in [1.54, 1.807) is 0 Å². The lowest BCUT2D eigenvalue weighted by Gasteiger charge is -2.27. The second-order valence-corrected chi connectivity index (χ2v) is 7.61. The molecule has 1 aliphatic heterocycles. The Bertz CT molecular complexity index is 669. The molecule has 1 aromatic heterocycles. The molecule has 1 aromatic carbocycles. The zero-order valence-corrected chi connectivity index (χ0v) is 15.7. The molecule has 4 heteroatoms. The number of hydrogen-bond donors (Lipinski definition) is 0. The van der Waals surface area contributed by atoms with Crippen molar-refractivity contribution in [2.75, 3.05) is 31.2 Å². The zero-order chi connectivity index (χ0) is 17.6. The molecule has 2 heterocycles. The number of aromatic nitrogens is 1. The molecule has 0 bridgehead atoms. The van der Waals surface area contributed by atoms with Crippen molar-refractivity contribution in [2.45, 2.75) is 57.3 Å². The van der Waals surface area contributed by atoms with Crippen molar-refractivity contribution >= 4 is 5.88 Å². The van der Waals surface area contributed by atoms with Gasteiger partial charge in [0.15, 0.2) is 5.89 Å². The van der Waals surface area contributed by atoms with Crippen molar-refractivity contribution in [2.24, 2.45) is 0 Å². The van der Waals surface area contributed by atoms with Crippen molar-refractivity contribution in [3.05, 3.63) is 47.5 Å². The monoisotopic (exact) mass is 354 g/mol. The summed E-state index contributed by atoms with van der Waals surface area (Å²) in [5.41, 5.74) is 2.38. The first kappa shape index (κ1) is 17.6. The molecule has 0 N–H and O–H groups in total. The third-order valence-electron chi connectivity index (χ3n) is 5.66. The van der Waals surface area contributed by atoms with Gasteiger partial charge in [0.2, 0.25) is 5.88 Å². The number of oxazole rings is 1. The highest BCUT2D eigenvalue weighted by Gasteiger charge is 2.25. The van der Waals surface area contributed by atoms with Crippen LogP contribution >= 0.6 is 0 Å². The number of hydrogen-bond acceptors (Lipinski definition) is 4. The van der Waals surface area contributed by atoms with Gasteiger partial charge in [-0.05, 0) is 18.4 Å². The Morgan fingerprint density at radius 3 is 2.35 bits per heavy atom. The van der Waals surface area contributed by atoms with Gasteiger partial charge in [-0.15, -0.1) is 0 Å². The maximum Gasteiger partial charge on any atom is 0.220 e. The summed E-state index contributed by atoms with van der Waals surface area (Å²) in [4.78, 5) is 7.35. The van der Waals surface area contributed by atoms with E-state index in [1.165, 1.54) is 50.5 Å². The number of nitrogens with zero attached hydrogens (tertiary/aromatic N) is 2. The molecule has 0 spiro atoms. The molecule has 4 nitrogen and oxygen atoms in total. The first-order valence-electron chi connectivity index (χ1n) is 10.3. The van der Waals surface area contributed by atoms with E-state index < -0.39 is 0 Å². The van der Waals surface area contributed by atoms with Crippen LogP contribution in [0.5, 0.6) is 0 Å². The van der Waals surface area contributed by atoms with Gasteiger partial charge in [0.25, 0.3) is 0 Å². The molecule has 1 saturated heterocycles. The summed E-state index contributed by atoms with van der Waals surface area (Å²) in [6.07, 6.45) is 9.96. The molecule has 0 unspecified atom stereocenters. The fourth-order valence-corrected chi connectivity index (χ4v) is 4.16. The van der Waals surface area contributed by atoms with Crippen molar-refractivity contribution < 1.29 is 9.15 Å². The predicted octanol–water partition coefficient (Wildman–Crippen LogP) is 4.93. The summed E-state index contributed by atoms with van der Waals surface area (Å²) in [6.45, 7) is 3.32. The number of benzene rings is 1. The Balaban J connectivity index is 1.60. The van der Waals surface area contributed by atoms with Gasteiger partial charge in [-0.1, -0.05) is 62.4 Å². The molecule has 2 aromatic rings. The van der Waals surface area contributed by atoms with Crippen LogP contribution in [-0.4, -0.2) is 31.3 Å². The summed E-state index contributed by atoms with van der Waals surface area (Å²) in [5, 5.41) is 0. The van der Waals surface area contributed by atoms with E-state index in [0.717, 1.165) is 50.2 Å². The predicted molar refractivity (Wildman–Crippen MR) is 104 cm³/mol. The molecule has 0 amide bonds. The van der Waals surface area contributed by atoms with Crippen LogP contribution in [0.25, 0.3) is 0 Å². The maximum atomic E-state index is 6.42. The fraction of sp³-hybridized carbons (Fsp3) is 0.591. The average molecular weight is 354 g/mol. The molecule has 2 fully saturated rings. The summed E-state index contributed by atoms with van der Waals surface area (Å²) in [7, 11) is 0. The summed E-state index contributed by atoms with van der Waals surface area (Å²) in [5.74, 6) is 2.44. The Hall–Kier alpha value is -1.81. The molecule has 1 aliphatic carbocycles. The standard InChI is InChI=1S/C22H30N2O2/c1-2-7-11-19(12-8-3-1)21-23-20(17-18-9-5-4-6-10-18)22(26-21)24-13-15-25-16-14-24/h4-6,9-10,19H,1-3,7-8,11-17H2. The van der Waals surface area contributed by atoms with E-state index in [0.29, 0.717) is 5.92 Å². The molecular weight excluding hydrogens is 324 g/mol. The lowest BCUT2D eigenvalue weighted by Crippen LogP contribution is -2.36. The largest absolute Gasteiger partial charge is 0.425 e. The SMILES string of the molecule is c1ccc(Cc2nc(C3CCCCCCC3)oc2N2CCOCC2)cc1. The van der Waals surface area contributed by atoms with Gasteiger partial charge in [-0.25, -0.2) is 4.98 Å². The highest BCUT2D eigenvalue weighted by Crippen LogP contribution is 2.35. The molecule has 1 saturated carbocycles. The highest BCUT2D eigenvalue weighted by molar-refractivity contribution is 5.44. The molecule has 2 aliphatic rings. The van der Waals surface area contributed by atoms with Crippen LogP contribution in [0, 0.1) is 0 Å². The van der Waals surface area contributed by atoms with Crippen LogP contribution < -0.4 is 4.90 Å². The Morgan fingerprint density at radius 1 is 0.923 bits per heavy atom. The van der Waals surface area contributed by atoms with Crippen LogP contribution in [0.1, 0.15) is 68.0 Å². The first-order valence-corrected chi connectivity index (χ1v) is 10.3. The smallest absolute Gasteiger partial charge is 0.220 e. The van der Waals surface area contributed by atoms with Gasteiger partial charge in [0, 0.05) is 25.4 Å². The van der Waals surface area contributed by atoms with E-state index in [4.69, 9.17) is 14.1 Å². The van der Waals surface area contributed by atoms with Gasteiger partial charge in [-0.2, -0.15) is 0 Å². The van der Waals surface area contributed by atoms with Crippen molar-refractivity contribution in [1.29, 1.82) is 0 Å². The molecular formula is C22H30N2O2. The molecule has 4 rings (SSSR count). The Labute approximate surface area is 156 Å². The summed E-state index contributed by atoms with van der Waals surface area (Å²) in [6, 6.07) is 10.6. The van der Waals surface area contributed by atoms with E-state index in [1.807, 2.05) is 0 Å². The lowest BCUT2D eigenvalue weighted by atomic mass is 9.91. The maximum absolute atomic E-state index is 6.42.